The normalized spacial score (nSPS) is 11.2. The maximum atomic E-state index is 6.50. The van der Waals surface area contributed by atoms with Gasteiger partial charge in [0.15, 0.2) is 0 Å². The van der Waals surface area contributed by atoms with Gasteiger partial charge in [-0.25, -0.2) is 0 Å². The molecule has 0 radical (unpaired) electrons. The van der Waals surface area contributed by atoms with Crippen molar-refractivity contribution in [1.82, 2.24) is 20.3 Å². The summed E-state index contributed by atoms with van der Waals surface area (Å²) < 4.78 is 22.9. The molecule has 0 spiro atoms. The van der Waals surface area contributed by atoms with Crippen LogP contribution in [0.2, 0.25) is 5.02 Å². The Bertz CT molecular complexity index is 1400. The molecule has 0 fully saturated rings. The van der Waals surface area contributed by atoms with Crippen LogP contribution in [0.15, 0.2) is 56.6 Å². The highest BCUT2D eigenvalue weighted by molar-refractivity contribution is 7.98. The van der Waals surface area contributed by atoms with Crippen molar-refractivity contribution in [2.24, 2.45) is 0 Å². The molecule has 0 aliphatic rings. The van der Waals surface area contributed by atoms with Gasteiger partial charge in [0.25, 0.3) is 11.1 Å². The number of halogens is 1. The Hall–Kier alpha value is -3.08. The number of rotatable bonds is 7. The van der Waals surface area contributed by atoms with E-state index in [9.17, 15) is 0 Å². The van der Waals surface area contributed by atoms with E-state index in [1.807, 2.05) is 36.4 Å². The summed E-state index contributed by atoms with van der Waals surface area (Å²) in [4.78, 5) is 5.19. The number of thioether (sulfide) groups is 1. The first kappa shape index (κ1) is 20.8. The van der Waals surface area contributed by atoms with E-state index in [2.05, 4.69) is 20.3 Å². The number of fused-ring (bicyclic) bond motifs is 1. The summed E-state index contributed by atoms with van der Waals surface area (Å²) in [5, 5.41) is 14.3. The molecule has 0 atom stereocenters. The van der Waals surface area contributed by atoms with Crippen molar-refractivity contribution < 1.29 is 18.4 Å². The van der Waals surface area contributed by atoms with E-state index < -0.39 is 0 Å². The lowest BCUT2D eigenvalue weighted by atomic mass is 10.2. The minimum absolute atomic E-state index is 0.368. The second kappa shape index (κ2) is 8.81. The first-order valence-corrected chi connectivity index (χ1v) is 11.5. The Morgan fingerprint density at radius 3 is 2.78 bits per heavy atom. The zero-order valence-corrected chi connectivity index (χ0v) is 19.3. The summed E-state index contributed by atoms with van der Waals surface area (Å²) in [5.74, 6) is 2.86. The lowest BCUT2D eigenvalue weighted by molar-refractivity contribution is 0.387. The fourth-order valence-electron chi connectivity index (χ4n) is 3.04. The Balaban J connectivity index is 1.31. The van der Waals surface area contributed by atoms with Crippen molar-refractivity contribution in [3.63, 3.8) is 0 Å². The van der Waals surface area contributed by atoms with E-state index >= 15 is 0 Å². The first-order valence-electron chi connectivity index (χ1n) is 9.35. The second-order valence-electron chi connectivity index (χ2n) is 6.48. The summed E-state index contributed by atoms with van der Waals surface area (Å²) in [6, 6.07) is 13.3. The quantitative estimate of drug-likeness (QED) is 0.258. The van der Waals surface area contributed by atoms with E-state index in [0.717, 1.165) is 15.0 Å². The molecule has 3 aromatic heterocycles. The van der Waals surface area contributed by atoms with Crippen LogP contribution in [0.1, 0.15) is 5.89 Å². The van der Waals surface area contributed by atoms with Gasteiger partial charge in [-0.2, -0.15) is 4.98 Å². The molecule has 0 bridgehead atoms. The standard InChI is InChI=1S/C21H15ClN4O4S2/c1-27-11-7-8-12(14(9-11)28-2)19-23-16(30-26-19)10-31-21-25-24-20(29-21)18-17(22)13-5-3-4-6-15(13)32-18/h3-9H,10H2,1-2H3. The molecule has 0 saturated heterocycles. The molecule has 5 aromatic rings. The summed E-state index contributed by atoms with van der Waals surface area (Å²) >= 11 is 9.32. The molecule has 8 nitrogen and oxygen atoms in total. The zero-order chi connectivity index (χ0) is 22.1. The number of ether oxygens (including phenoxy) is 2. The van der Waals surface area contributed by atoms with Gasteiger partial charge in [-0.1, -0.05) is 46.7 Å². The number of hydrogen-bond acceptors (Lipinski definition) is 10. The fourth-order valence-corrected chi connectivity index (χ4v) is 5.08. The molecule has 32 heavy (non-hydrogen) atoms. The monoisotopic (exact) mass is 486 g/mol. The van der Waals surface area contributed by atoms with Crippen molar-refractivity contribution >= 4 is 44.8 Å². The first-order chi connectivity index (χ1) is 15.7. The molecular formula is C21H15ClN4O4S2. The van der Waals surface area contributed by atoms with Crippen LogP contribution in [0.5, 0.6) is 11.5 Å². The molecule has 11 heteroatoms. The highest BCUT2D eigenvalue weighted by Crippen LogP contribution is 2.42. The molecule has 2 aromatic carbocycles. The smallest absolute Gasteiger partial charge is 0.277 e. The number of hydrogen-bond donors (Lipinski definition) is 0. The molecule has 5 rings (SSSR count). The van der Waals surface area contributed by atoms with Gasteiger partial charge in [-0.05, 0) is 18.2 Å². The van der Waals surface area contributed by atoms with E-state index in [-0.39, 0.29) is 0 Å². The van der Waals surface area contributed by atoms with Crippen LogP contribution >= 0.6 is 34.7 Å². The maximum absolute atomic E-state index is 6.50. The highest BCUT2D eigenvalue weighted by Gasteiger charge is 2.19. The lowest BCUT2D eigenvalue weighted by Crippen LogP contribution is -1.91. The van der Waals surface area contributed by atoms with Gasteiger partial charge in [0.05, 0.1) is 30.6 Å². The highest BCUT2D eigenvalue weighted by atomic mass is 35.5. The molecular weight excluding hydrogens is 472 g/mol. The van der Waals surface area contributed by atoms with Crippen molar-refractivity contribution in [1.29, 1.82) is 0 Å². The molecule has 0 unspecified atom stereocenters. The van der Waals surface area contributed by atoms with Crippen LogP contribution in [0, 0.1) is 0 Å². The largest absolute Gasteiger partial charge is 0.497 e. The molecule has 0 N–H and O–H groups in total. The van der Waals surface area contributed by atoms with Crippen molar-refractivity contribution in [3.05, 3.63) is 53.4 Å². The van der Waals surface area contributed by atoms with Gasteiger partial charge in [-0.3, -0.25) is 0 Å². The lowest BCUT2D eigenvalue weighted by Gasteiger charge is -2.07. The average molecular weight is 487 g/mol. The third kappa shape index (κ3) is 3.92. The summed E-state index contributed by atoms with van der Waals surface area (Å²) in [6.45, 7) is 0. The number of methoxy groups -OCH3 is 2. The molecule has 162 valence electrons. The Morgan fingerprint density at radius 1 is 1.09 bits per heavy atom. The molecule has 0 saturated carbocycles. The van der Waals surface area contributed by atoms with Crippen LogP contribution < -0.4 is 9.47 Å². The third-order valence-electron chi connectivity index (χ3n) is 4.57. The van der Waals surface area contributed by atoms with E-state index in [1.165, 1.54) is 23.1 Å². The molecule has 0 amide bonds. The summed E-state index contributed by atoms with van der Waals surface area (Å²) in [6.07, 6.45) is 0. The van der Waals surface area contributed by atoms with Gasteiger partial charge in [0.1, 0.15) is 16.4 Å². The van der Waals surface area contributed by atoms with Gasteiger partial charge < -0.3 is 18.4 Å². The van der Waals surface area contributed by atoms with Gasteiger partial charge >= 0.3 is 0 Å². The van der Waals surface area contributed by atoms with Gasteiger partial charge in [0, 0.05) is 16.2 Å². The predicted octanol–water partition coefficient (Wildman–Crippen LogP) is 5.96. The number of nitrogens with zero attached hydrogens (tertiary/aromatic N) is 4. The fraction of sp³-hybridized carbons (Fsp3) is 0.143. The minimum atomic E-state index is 0.368. The SMILES string of the molecule is COc1ccc(-c2noc(CSc3nnc(-c4sc5ccccc5c4Cl)o3)n2)c(OC)c1. The van der Waals surface area contributed by atoms with Crippen LogP contribution in [0.4, 0.5) is 0 Å². The second-order valence-corrected chi connectivity index (χ2v) is 8.84. The summed E-state index contributed by atoms with van der Waals surface area (Å²) in [5.41, 5.74) is 0.702. The summed E-state index contributed by atoms with van der Waals surface area (Å²) in [7, 11) is 3.17. The zero-order valence-electron chi connectivity index (χ0n) is 16.9. The molecule has 0 aliphatic heterocycles. The molecule has 3 heterocycles. The Morgan fingerprint density at radius 2 is 1.97 bits per heavy atom. The number of thiophene rings is 1. The van der Waals surface area contributed by atoms with E-state index in [1.54, 1.807) is 20.3 Å². The van der Waals surface area contributed by atoms with Crippen LogP contribution in [0.25, 0.3) is 32.2 Å². The predicted molar refractivity (Wildman–Crippen MR) is 123 cm³/mol. The van der Waals surface area contributed by atoms with Crippen LogP contribution in [0.3, 0.4) is 0 Å². The minimum Gasteiger partial charge on any atom is -0.497 e. The van der Waals surface area contributed by atoms with E-state index in [0.29, 0.717) is 50.7 Å². The topological polar surface area (TPSA) is 96.3 Å². The average Bonchev–Trinajstić information content (AvgIpc) is 3.56. The van der Waals surface area contributed by atoms with Crippen molar-refractivity contribution in [2.45, 2.75) is 11.0 Å². The number of benzene rings is 2. The number of aromatic nitrogens is 4. The van der Waals surface area contributed by atoms with Crippen molar-refractivity contribution in [3.8, 4) is 33.7 Å². The van der Waals surface area contributed by atoms with E-state index in [4.69, 9.17) is 30.0 Å². The van der Waals surface area contributed by atoms with Gasteiger partial charge in [0.2, 0.25) is 11.7 Å². The van der Waals surface area contributed by atoms with Crippen LogP contribution in [-0.4, -0.2) is 34.6 Å². The van der Waals surface area contributed by atoms with Gasteiger partial charge in [-0.15, -0.1) is 21.5 Å². The maximum Gasteiger partial charge on any atom is 0.277 e. The Kier molecular flexibility index (Phi) is 5.73. The van der Waals surface area contributed by atoms with Crippen molar-refractivity contribution in [2.75, 3.05) is 14.2 Å². The third-order valence-corrected chi connectivity index (χ3v) is 7.04. The van der Waals surface area contributed by atoms with Crippen LogP contribution in [-0.2, 0) is 5.75 Å². The molecule has 0 aliphatic carbocycles. The Labute approximate surface area is 195 Å².